The summed E-state index contributed by atoms with van der Waals surface area (Å²) in [6.45, 7) is 6.88. The van der Waals surface area contributed by atoms with Gasteiger partial charge in [-0.2, -0.15) is 0 Å². The van der Waals surface area contributed by atoms with Crippen molar-refractivity contribution in [3.05, 3.63) is 35.1 Å². The lowest BCUT2D eigenvalue weighted by Gasteiger charge is -2.33. The van der Waals surface area contributed by atoms with Crippen molar-refractivity contribution in [3.63, 3.8) is 0 Å². The molecule has 2 fully saturated rings. The summed E-state index contributed by atoms with van der Waals surface area (Å²) in [7, 11) is 0. The molecular weight excluding hydrogens is 319 g/mol. The number of hydrogen-bond donors (Lipinski definition) is 1. The number of nitrogens with zero attached hydrogens (tertiary/aromatic N) is 1. The molecule has 0 aromatic heterocycles. The number of ether oxygens (including phenoxy) is 1. The van der Waals surface area contributed by atoms with Crippen LogP contribution in [0.2, 0.25) is 0 Å². The molecular formula is C20H29FN2O2. The second-order valence-corrected chi connectivity index (χ2v) is 7.46. The molecule has 2 heterocycles. The largest absolute Gasteiger partial charge is 0.381 e. The van der Waals surface area contributed by atoms with E-state index in [1.165, 1.54) is 0 Å². The van der Waals surface area contributed by atoms with Crippen molar-refractivity contribution < 1.29 is 13.9 Å². The van der Waals surface area contributed by atoms with Crippen LogP contribution in [-0.4, -0.2) is 43.7 Å². The van der Waals surface area contributed by atoms with Crippen LogP contribution in [0.15, 0.2) is 18.2 Å². The minimum Gasteiger partial charge on any atom is -0.381 e. The SMILES string of the molecule is Cc1cc(CN2CCC[C@H](CNC(=O)C3CCOCC3)C2)ccc1F. The van der Waals surface area contributed by atoms with Gasteiger partial charge in [0.2, 0.25) is 5.91 Å². The number of amides is 1. The van der Waals surface area contributed by atoms with Gasteiger partial charge in [0.15, 0.2) is 0 Å². The van der Waals surface area contributed by atoms with Gasteiger partial charge in [0.25, 0.3) is 0 Å². The van der Waals surface area contributed by atoms with E-state index in [2.05, 4.69) is 10.2 Å². The van der Waals surface area contributed by atoms with Gasteiger partial charge < -0.3 is 10.1 Å². The highest BCUT2D eigenvalue weighted by Crippen LogP contribution is 2.20. The molecule has 2 aliphatic rings. The summed E-state index contributed by atoms with van der Waals surface area (Å²) in [5.74, 6) is 0.667. The van der Waals surface area contributed by atoms with E-state index < -0.39 is 0 Å². The van der Waals surface area contributed by atoms with Crippen LogP contribution in [0.1, 0.15) is 36.8 Å². The lowest BCUT2D eigenvalue weighted by Crippen LogP contribution is -2.42. The molecule has 1 aromatic carbocycles. The monoisotopic (exact) mass is 348 g/mol. The maximum atomic E-state index is 13.4. The summed E-state index contributed by atoms with van der Waals surface area (Å²) in [5, 5.41) is 3.15. The van der Waals surface area contributed by atoms with E-state index >= 15 is 0 Å². The van der Waals surface area contributed by atoms with Gasteiger partial charge in [0.05, 0.1) is 0 Å². The van der Waals surface area contributed by atoms with Crippen LogP contribution in [0.3, 0.4) is 0 Å². The van der Waals surface area contributed by atoms with E-state index in [0.717, 1.165) is 57.4 Å². The lowest BCUT2D eigenvalue weighted by atomic mass is 9.96. The van der Waals surface area contributed by atoms with Crippen LogP contribution in [0.4, 0.5) is 4.39 Å². The minimum atomic E-state index is -0.143. The molecule has 0 radical (unpaired) electrons. The molecule has 1 aromatic rings. The Morgan fingerprint density at radius 2 is 2.12 bits per heavy atom. The number of nitrogens with one attached hydrogen (secondary N) is 1. The number of hydrogen-bond acceptors (Lipinski definition) is 3. The fourth-order valence-electron chi connectivity index (χ4n) is 3.87. The Hall–Kier alpha value is -1.46. The lowest BCUT2D eigenvalue weighted by molar-refractivity contribution is -0.128. The Labute approximate surface area is 149 Å². The summed E-state index contributed by atoms with van der Waals surface area (Å²) in [6.07, 6.45) is 3.99. The second kappa shape index (κ2) is 8.77. The normalized spacial score (nSPS) is 22.7. The van der Waals surface area contributed by atoms with Crippen LogP contribution in [0.25, 0.3) is 0 Å². The highest BCUT2D eigenvalue weighted by molar-refractivity contribution is 5.78. The number of benzene rings is 1. The van der Waals surface area contributed by atoms with E-state index in [4.69, 9.17) is 4.74 Å². The molecule has 4 nitrogen and oxygen atoms in total. The molecule has 0 saturated carbocycles. The Bertz CT molecular complexity index is 587. The third kappa shape index (κ3) is 5.25. The smallest absolute Gasteiger partial charge is 0.223 e. The standard InChI is InChI=1S/C20H29FN2O2/c1-15-11-16(4-5-19(15)21)13-23-8-2-3-17(14-23)12-22-20(24)18-6-9-25-10-7-18/h4-5,11,17-18H,2-3,6-10,12-14H2,1H3,(H,22,24)/t17-/m1/s1. The van der Waals surface area contributed by atoms with Gasteiger partial charge in [-0.15, -0.1) is 0 Å². The Kier molecular flexibility index (Phi) is 6.43. The molecule has 3 rings (SSSR count). The second-order valence-electron chi connectivity index (χ2n) is 7.46. The van der Waals surface area contributed by atoms with E-state index in [1.54, 1.807) is 6.07 Å². The fraction of sp³-hybridized carbons (Fsp3) is 0.650. The summed E-state index contributed by atoms with van der Waals surface area (Å²) in [4.78, 5) is 14.7. The molecule has 0 bridgehead atoms. The number of piperidine rings is 1. The zero-order chi connectivity index (χ0) is 17.6. The molecule has 0 unspecified atom stereocenters. The first kappa shape index (κ1) is 18.3. The predicted octanol–water partition coefficient (Wildman–Crippen LogP) is 2.89. The van der Waals surface area contributed by atoms with Crippen LogP contribution in [-0.2, 0) is 16.1 Å². The zero-order valence-electron chi connectivity index (χ0n) is 15.1. The minimum absolute atomic E-state index is 0.121. The molecule has 1 N–H and O–H groups in total. The van der Waals surface area contributed by atoms with E-state index in [1.807, 2.05) is 19.1 Å². The third-order valence-electron chi connectivity index (χ3n) is 5.39. The highest BCUT2D eigenvalue weighted by atomic mass is 19.1. The van der Waals surface area contributed by atoms with Crippen LogP contribution < -0.4 is 5.32 Å². The van der Waals surface area contributed by atoms with Crippen molar-refractivity contribution in [2.45, 2.75) is 39.2 Å². The summed E-state index contributed by atoms with van der Waals surface area (Å²) in [5.41, 5.74) is 1.86. The number of carbonyl (C=O) groups excluding carboxylic acids is 1. The molecule has 25 heavy (non-hydrogen) atoms. The quantitative estimate of drug-likeness (QED) is 0.890. The number of likely N-dealkylation sites (tertiary alicyclic amines) is 1. The third-order valence-corrected chi connectivity index (χ3v) is 5.39. The molecule has 0 aliphatic carbocycles. The van der Waals surface area contributed by atoms with Gasteiger partial charge in [-0.1, -0.05) is 12.1 Å². The first-order valence-electron chi connectivity index (χ1n) is 9.44. The Morgan fingerprint density at radius 3 is 2.88 bits per heavy atom. The van der Waals surface area contributed by atoms with Gasteiger partial charge >= 0.3 is 0 Å². The van der Waals surface area contributed by atoms with Crippen LogP contribution in [0, 0.1) is 24.6 Å². The molecule has 1 atom stereocenters. The summed E-state index contributed by atoms with van der Waals surface area (Å²) < 4.78 is 18.7. The molecule has 0 spiro atoms. The van der Waals surface area contributed by atoms with Gasteiger partial charge in [0, 0.05) is 38.8 Å². The fourth-order valence-corrected chi connectivity index (χ4v) is 3.87. The van der Waals surface area contributed by atoms with Crippen molar-refractivity contribution >= 4 is 5.91 Å². The van der Waals surface area contributed by atoms with Crippen molar-refractivity contribution in [1.82, 2.24) is 10.2 Å². The van der Waals surface area contributed by atoms with Crippen molar-refractivity contribution in [1.29, 1.82) is 0 Å². The first-order chi connectivity index (χ1) is 12.1. The van der Waals surface area contributed by atoms with E-state index in [0.29, 0.717) is 24.7 Å². The number of carbonyl (C=O) groups is 1. The van der Waals surface area contributed by atoms with Gasteiger partial charge in [-0.3, -0.25) is 9.69 Å². The van der Waals surface area contributed by atoms with Crippen molar-refractivity contribution in [3.8, 4) is 0 Å². The summed E-state index contributed by atoms with van der Waals surface area (Å²) >= 11 is 0. The average Bonchev–Trinajstić information content (AvgIpc) is 2.64. The maximum Gasteiger partial charge on any atom is 0.223 e. The first-order valence-corrected chi connectivity index (χ1v) is 9.44. The molecule has 2 saturated heterocycles. The van der Waals surface area contributed by atoms with Crippen molar-refractivity contribution in [2.24, 2.45) is 11.8 Å². The summed E-state index contributed by atoms with van der Waals surface area (Å²) in [6, 6.07) is 5.37. The van der Waals surface area contributed by atoms with Crippen LogP contribution >= 0.6 is 0 Å². The van der Waals surface area contributed by atoms with Crippen LogP contribution in [0.5, 0.6) is 0 Å². The number of rotatable bonds is 5. The average molecular weight is 348 g/mol. The van der Waals surface area contributed by atoms with Gasteiger partial charge in [0.1, 0.15) is 5.82 Å². The number of halogens is 1. The Morgan fingerprint density at radius 1 is 1.32 bits per heavy atom. The molecule has 5 heteroatoms. The van der Waals surface area contributed by atoms with E-state index in [9.17, 15) is 9.18 Å². The maximum absolute atomic E-state index is 13.4. The van der Waals surface area contributed by atoms with Gasteiger partial charge in [-0.25, -0.2) is 4.39 Å². The highest BCUT2D eigenvalue weighted by Gasteiger charge is 2.24. The predicted molar refractivity (Wildman–Crippen MR) is 95.7 cm³/mol. The topological polar surface area (TPSA) is 41.6 Å². The Balaban J connectivity index is 1.45. The molecule has 2 aliphatic heterocycles. The van der Waals surface area contributed by atoms with Crippen molar-refractivity contribution in [2.75, 3.05) is 32.8 Å². The molecule has 1 amide bonds. The number of aryl methyl sites for hydroxylation is 1. The molecule has 138 valence electrons. The van der Waals surface area contributed by atoms with Gasteiger partial charge in [-0.05, 0) is 62.3 Å². The zero-order valence-corrected chi connectivity index (χ0v) is 15.1. The van der Waals surface area contributed by atoms with E-state index in [-0.39, 0.29) is 17.6 Å².